The van der Waals surface area contributed by atoms with Crippen molar-refractivity contribution in [1.29, 1.82) is 0 Å². The third-order valence-corrected chi connectivity index (χ3v) is 6.40. The first-order chi connectivity index (χ1) is 16.0. The summed E-state index contributed by atoms with van der Waals surface area (Å²) in [6.45, 7) is 6.99. The highest BCUT2D eigenvalue weighted by atomic mass is 16.5. The summed E-state index contributed by atoms with van der Waals surface area (Å²) < 4.78 is 5.86. The van der Waals surface area contributed by atoms with Crippen LogP contribution in [0.25, 0.3) is 0 Å². The molecule has 0 heterocycles. The molecule has 33 heavy (non-hydrogen) atoms. The Bertz CT molecular complexity index is 1110. The minimum absolute atomic E-state index is 0.0568. The summed E-state index contributed by atoms with van der Waals surface area (Å²) in [6, 6.07) is 24.8. The number of carbonyl (C=O) groups is 1. The van der Waals surface area contributed by atoms with Crippen molar-refractivity contribution in [3.8, 4) is 5.75 Å². The molecule has 3 aromatic carbocycles. The number of aryl methyl sites for hydroxylation is 2. The van der Waals surface area contributed by atoms with Crippen molar-refractivity contribution in [1.82, 2.24) is 5.43 Å². The standard InChI is InChI=1S/C29H32N2O2/c1-4-5-16-33-27-15-7-6-12-23(27)20-30-31-28(32)26-19-29(26,24-13-8-10-21(2)17-24)25-14-9-11-22(3)18-25/h6-15,17-18,20,26H,4-5,16,19H2,1-3H3,(H,31,32)/b30-20-/t26-/m0/s1. The number of ether oxygens (including phenoxy) is 1. The molecule has 1 atom stereocenters. The van der Waals surface area contributed by atoms with Crippen molar-refractivity contribution in [2.75, 3.05) is 6.61 Å². The van der Waals surface area contributed by atoms with Crippen LogP contribution in [0.5, 0.6) is 5.75 Å². The van der Waals surface area contributed by atoms with Gasteiger partial charge in [-0.3, -0.25) is 4.79 Å². The van der Waals surface area contributed by atoms with Crippen molar-refractivity contribution < 1.29 is 9.53 Å². The van der Waals surface area contributed by atoms with Gasteiger partial charge >= 0.3 is 0 Å². The van der Waals surface area contributed by atoms with Gasteiger partial charge in [0.15, 0.2) is 0 Å². The van der Waals surface area contributed by atoms with Crippen LogP contribution in [0.1, 0.15) is 54.0 Å². The summed E-state index contributed by atoms with van der Waals surface area (Å²) >= 11 is 0. The number of unbranched alkanes of at least 4 members (excludes halogenated alkanes) is 1. The SMILES string of the molecule is CCCCOc1ccccc1/C=N\NC(=O)[C@@H]1CC1(c1cccc(C)c1)c1cccc(C)c1. The predicted octanol–water partition coefficient (Wildman–Crippen LogP) is 5.94. The van der Waals surface area contributed by atoms with E-state index in [1.807, 2.05) is 24.3 Å². The number of hydrazone groups is 1. The van der Waals surface area contributed by atoms with Gasteiger partial charge in [0.05, 0.1) is 18.7 Å². The van der Waals surface area contributed by atoms with E-state index in [2.05, 4.69) is 79.8 Å². The molecule has 0 saturated heterocycles. The zero-order chi connectivity index (χ0) is 23.3. The molecule has 0 spiro atoms. The summed E-state index contributed by atoms with van der Waals surface area (Å²) in [5.74, 6) is 0.567. The highest BCUT2D eigenvalue weighted by Crippen LogP contribution is 2.59. The van der Waals surface area contributed by atoms with E-state index in [0.717, 1.165) is 30.6 Å². The lowest BCUT2D eigenvalue weighted by molar-refractivity contribution is -0.122. The van der Waals surface area contributed by atoms with Crippen LogP contribution in [0.2, 0.25) is 0 Å². The van der Waals surface area contributed by atoms with E-state index in [4.69, 9.17) is 4.74 Å². The zero-order valence-corrected chi connectivity index (χ0v) is 19.7. The molecule has 0 aliphatic heterocycles. The molecule has 0 radical (unpaired) electrons. The average molecular weight is 441 g/mol. The maximum absolute atomic E-state index is 13.2. The van der Waals surface area contributed by atoms with Crippen LogP contribution >= 0.6 is 0 Å². The van der Waals surface area contributed by atoms with Crippen LogP contribution in [0.4, 0.5) is 0 Å². The van der Waals surface area contributed by atoms with Crippen LogP contribution in [-0.2, 0) is 10.2 Å². The number of carbonyl (C=O) groups excluding carboxylic acids is 1. The second kappa shape index (κ2) is 10.0. The van der Waals surface area contributed by atoms with E-state index >= 15 is 0 Å². The van der Waals surface area contributed by atoms with Gasteiger partial charge in [0.1, 0.15) is 5.75 Å². The second-order valence-electron chi connectivity index (χ2n) is 8.94. The molecule has 1 aliphatic rings. The van der Waals surface area contributed by atoms with Gasteiger partial charge in [-0.2, -0.15) is 5.10 Å². The lowest BCUT2D eigenvalue weighted by atomic mass is 9.84. The Labute approximate surface area is 196 Å². The van der Waals surface area contributed by atoms with Crippen LogP contribution in [0, 0.1) is 19.8 Å². The Hall–Kier alpha value is -3.40. The van der Waals surface area contributed by atoms with Crippen LogP contribution in [-0.4, -0.2) is 18.7 Å². The molecule has 170 valence electrons. The van der Waals surface area contributed by atoms with E-state index in [0.29, 0.717) is 6.61 Å². The number of benzene rings is 3. The van der Waals surface area contributed by atoms with Crippen molar-refractivity contribution >= 4 is 12.1 Å². The fourth-order valence-electron chi connectivity index (χ4n) is 4.52. The molecule has 1 amide bonds. The van der Waals surface area contributed by atoms with Gasteiger partial charge < -0.3 is 4.74 Å². The first-order valence-electron chi connectivity index (χ1n) is 11.7. The molecular formula is C29H32N2O2. The summed E-state index contributed by atoms with van der Waals surface area (Å²) in [6.07, 6.45) is 4.53. The topological polar surface area (TPSA) is 50.7 Å². The van der Waals surface area contributed by atoms with E-state index in [-0.39, 0.29) is 17.2 Å². The van der Waals surface area contributed by atoms with Gasteiger partial charge in [0, 0.05) is 11.0 Å². The van der Waals surface area contributed by atoms with Gasteiger partial charge in [0.25, 0.3) is 0 Å². The molecule has 1 N–H and O–H groups in total. The van der Waals surface area contributed by atoms with Crippen molar-refractivity contribution in [3.05, 3.63) is 101 Å². The Kier molecular flexibility index (Phi) is 6.93. The normalized spacial score (nSPS) is 16.5. The van der Waals surface area contributed by atoms with Crippen molar-refractivity contribution in [3.63, 3.8) is 0 Å². The molecule has 0 aromatic heterocycles. The summed E-state index contributed by atoms with van der Waals surface area (Å²) in [5.41, 5.74) is 8.10. The molecule has 3 aromatic rings. The smallest absolute Gasteiger partial charge is 0.244 e. The molecular weight excluding hydrogens is 408 g/mol. The summed E-state index contributed by atoms with van der Waals surface area (Å²) in [4.78, 5) is 13.2. The van der Waals surface area contributed by atoms with E-state index in [9.17, 15) is 4.79 Å². The summed E-state index contributed by atoms with van der Waals surface area (Å²) in [5, 5.41) is 4.28. The number of hydrogen-bond donors (Lipinski definition) is 1. The number of nitrogens with zero attached hydrogens (tertiary/aromatic N) is 1. The van der Waals surface area contributed by atoms with Crippen LogP contribution in [0.15, 0.2) is 77.9 Å². The monoisotopic (exact) mass is 440 g/mol. The van der Waals surface area contributed by atoms with E-state index in [1.54, 1.807) is 6.21 Å². The number of nitrogens with one attached hydrogen (secondary N) is 1. The molecule has 1 fully saturated rings. The minimum atomic E-state index is -0.307. The first kappa shape index (κ1) is 22.8. The lowest BCUT2D eigenvalue weighted by Crippen LogP contribution is -2.25. The number of amides is 1. The predicted molar refractivity (Wildman–Crippen MR) is 134 cm³/mol. The molecule has 0 unspecified atom stereocenters. The lowest BCUT2D eigenvalue weighted by Gasteiger charge is -2.20. The molecule has 4 heteroatoms. The van der Waals surface area contributed by atoms with Crippen molar-refractivity contribution in [2.24, 2.45) is 11.0 Å². The molecule has 0 bridgehead atoms. The first-order valence-corrected chi connectivity index (χ1v) is 11.7. The summed E-state index contributed by atoms with van der Waals surface area (Å²) in [7, 11) is 0. The number of para-hydroxylation sites is 1. The Balaban J connectivity index is 1.52. The molecule has 1 aliphatic carbocycles. The quantitative estimate of drug-likeness (QED) is 0.254. The molecule has 1 saturated carbocycles. The number of hydrogen-bond acceptors (Lipinski definition) is 3. The van der Waals surface area contributed by atoms with E-state index < -0.39 is 0 Å². The van der Waals surface area contributed by atoms with Gasteiger partial charge in [-0.25, -0.2) is 5.43 Å². The highest BCUT2D eigenvalue weighted by molar-refractivity contribution is 5.88. The maximum atomic E-state index is 13.2. The van der Waals surface area contributed by atoms with Crippen LogP contribution < -0.4 is 10.2 Å². The zero-order valence-electron chi connectivity index (χ0n) is 19.7. The van der Waals surface area contributed by atoms with Gasteiger partial charge in [-0.15, -0.1) is 0 Å². The third-order valence-electron chi connectivity index (χ3n) is 6.40. The van der Waals surface area contributed by atoms with E-state index in [1.165, 1.54) is 22.3 Å². The average Bonchev–Trinajstić information content (AvgIpc) is 3.57. The second-order valence-corrected chi connectivity index (χ2v) is 8.94. The fraction of sp³-hybridized carbons (Fsp3) is 0.310. The largest absolute Gasteiger partial charge is 0.493 e. The fourth-order valence-corrected chi connectivity index (χ4v) is 4.52. The Morgan fingerprint density at radius 3 is 2.33 bits per heavy atom. The van der Waals surface area contributed by atoms with Crippen LogP contribution in [0.3, 0.4) is 0 Å². The number of rotatable bonds is 9. The van der Waals surface area contributed by atoms with Gasteiger partial charge in [0.2, 0.25) is 5.91 Å². The maximum Gasteiger partial charge on any atom is 0.244 e. The molecule has 4 nitrogen and oxygen atoms in total. The minimum Gasteiger partial charge on any atom is -0.493 e. The van der Waals surface area contributed by atoms with Gasteiger partial charge in [-0.1, -0.05) is 85.1 Å². The van der Waals surface area contributed by atoms with Gasteiger partial charge in [-0.05, 0) is 49.9 Å². The van der Waals surface area contributed by atoms with Crippen molar-refractivity contribution in [2.45, 2.75) is 45.4 Å². The Morgan fingerprint density at radius 2 is 1.70 bits per heavy atom. The Morgan fingerprint density at radius 1 is 1.03 bits per heavy atom. The highest BCUT2D eigenvalue weighted by Gasteiger charge is 2.60. The third kappa shape index (κ3) is 5.00. The molecule has 4 rings (SSSR count).